The predicted molar refractivity (Wildman–Crippen MR) is 102 cm³/mol. The number of anilines is 1. The van der Waals surface area contributed by atoms with Crippen molar-refractivity contribution in [2.75, 3.05) is 5.32 Å². The van der Waals surface area contributed by atoms with E-state index in [1.165, 1.54) is 11.1 Å². The van der Waals surface area contributed by atoms with E-state index in [1.54, 1.807) is 0 Å². The first-order chi connectivity index (χ1) is 12.2. The zero-order chi connectivity index (χ0) is 17.2. The number of amides is 1. The summed E-state index contributed by atoms with van der Waals surface area (Å²) in [5.74, 6) is 0.0102. The normalized spacial score (nSPS) is 11.1. The first-order valence-corrected chi connectivity index (χ1v) is 8.46. The molecule has 0 atom stereocenters. The minimum Gasteiger partial charge on any atom is -0.456 e. The summed E-state index contributed by atoms with van der Waals surface area (Å²) < 4.78 is 5.86. The van der Waals surface area contributed by atoms with Gasteiger partial charge >= 0.3 is 0 Å². The van der Waals surface area contributed by atoms with Crippen molar-refractivity contribution >= 4 is 33.5 Å². The number of hydrogen-bond acceptors (Lipinski definition) is 2. The molecule has 1 N–H and O–H groups in total. The third-order valence-corrected chi connectivity index (χ3v) is 4.42. The Bertz CT molecular complexity index is 1040. The molecule has 3 heteroatoms. The van der Waals surface area contributed by atoms with Gasteiger partial charge in [0.25, 0.3) is 0 Å². The average Bonchev–Trinajstić information content (AvgIpc) is 2.99. The van der Waals surface area contributed by atoms with Crippen molar-refractivity contribution in [2.24, 2.45) is 0 Å². The van der Waals surface area contributed by atoms with Crippen molar-refractivity contribution in [1.29, 1.82) is 0 Å². The fourth-order valence-electron chi connectivity index (χ4n) is 3.04. The van der Waals surface area contributed by atoms with Gasteiger partial charge in [0, 0.05) is 28.9 Å². The molecule has 3 aromatic carbocycles. The summed E-state index contributed by atoms with van der Waals surface area (Å²) in [6.45, 7) is 2.06. The second-order valence-electron chi connectivity index (χ2n) is 6.34. The van der Waals surface area contributed by atoms with Crippen LogP contribution in [-0.4, -0.2) is 5.91 Å². The highest BCUT2D eigenvalue weighted by Gasteiger charge is 2.08. The Balaban J connectivity index is 1.47. The van der Waals surface area contributed by atoms with E-state index in [0.717, 1.165) is 34.0 Å². The summed E-state index contributed by atoms with van der Waals surface area (Å²) in [6.07, 6.45) is 1.19. The van der Waals surface area contributed by atoms with Gasteiger partial charge in [0.1, 0.15) is 11.2 Å². The van der Waals surface area contributed by atoms with Crippen LogP contribution in [0.1, 0.15) is 17.5 Å². The smallest absolute Gasteiger partial charge is 0.224 e. The van der Waals surface area contributed by atoms with Gasteiger partial charge in [0.2, 0.25) is 5.91 Å². The lowest BCUT2D eigenvalue weighted by molar-refractivity contribution is -0.116. The number of rotatable bonds is 4. The number of fused-ring (bicyclic) bond motifs is 3. The first-order valence-electron chi connectivity index (χ1n) is 8.46. The van der Waals surface area contributed by atoms with E-state index in [1.807, 2.05) is 42.5 Å². The summed E-state index contributed by atoms with van der Waals surface area (Å²) in [5, 5.41) is 5.12. The number of carbonyl (C=O) groups is 1. The average molecular weight is 329 g/mol. The van der Waals surface area contributed by atoms with Crippen LogP contribution in [0, 0.1) is 6.92 Å². The molecule has 0 spiro atoms. The van der Waals surface area contributed by atoms with Crippen LogP contribution in [0.4, 0.5) is 5.69 Å². The summed E-state index contributed by atoms with van der Waals surface area (Å²) >= 11 is 0. The van der Waals surface area contributed by atoms with Crippen LogP contribution in [-0.2, 0) is 11.2 Å². The van der Waals surface area contributed by atoms with Gasteiger partial charge in [-0.25, -0.2) is 0 Å². The largest absolute Gasteiger partial charge is 0.456 e. The molecule has 0 aliphatic heterocycles. The Kier molecular flexibility index (Phi) is 3.98. The first kappa shape index (κ1) is 15.5. The number of aryl methyl sites for hydroxylation is 2. The highest BCUT2D eigenvalue weighted by molar-refractivity contribution is 6.06. The van der Waals surface area contributed by atoms with Crippen molar-refractivity contribution in [2.45, 2.75) is 19.8 Å². The van der Waals surface area contributed by atoms with Crippen molar-refractivity contribution in [1.82, 2.24) is 0 Å². The topological polar surface area (TPSA) is 42.2 Å². The second kappa shape index (κ2) is 6.44. The molecule has 0 unspecified atom stereocenters. The lowest BCUT2D eigenvalue weighted by Crippen LogP contribution is -2.12. The monoisotopic (exact) mass is 329 g/mol. The Hall–Kier alpha value is -3.07. The molecule has 1 amide bonds. The molecule has 4 rings (SSSR count). The molecule has 0 saturated carbocycles. The molecule has 0 radical (unpaired) electrons. The zero-order valence-corrected chi connectivity index (χ0v) is 14.1. The Labute approximate surface area is 146 Å². The third kappa shape index (κ3) is 3.26. The number of carbonyl (C=O) groups excluding carboxylic acids is 1. The van der Waals surface area contributed by atoms with Gasteiger partial charge < -0.3 is 9.73 Å². The van der Waals surface area contributed by atoms with E-state index in [9.17, 15) is 4.79 Å². The number of benzene rings is 3. The lowest BCUT2D eigenvalue weighted by atomic mass is 10.1. The van der Waals surface area contributed by atoms with Crippen LogP contribution in [0.2, 0.25) is 0 Å². The number of nitrogens with one attached hydrogen (secondary N) is 1. The van der Waals surface area contributed by atoms with Crippen LogP contribution in [0.3, 0.4) is 0 Å². The molecule has 3 nitrogen and oxygen atoms in total. The van der Waals surface area contributed by atoms with E-state index in [0.29, 0.717) is 6.42 Å². The minimum absolute atomic E-state index is 0.0102. The van der Waals surface area contributed by atoms with Gasteiger partial charge in [-0.2, -0.15) is 0 Å². The number of furan rings is 1. The molecule has 0 aliphatic carbocycles. The van der Waals surface area contributed by atoms with Gasteiger partial charge in [-0.3, -0.25) is 4.79 Å². The predicted octanol–water partition coefficient (Wildman–Crippen LogP) is 5.47. The fraction of sp³-hybridized carbons (Fsp3) is 0.136. The van der Waals surface area contributed by atoms with Gasteiger partial charge in [-0.15, -0.1) is 0 Å². The Morgan fingerprint density at radius 2 is 1.68 bits per heavy atom. The highest BCUT2D eigenvalue weighted by Crippen LogP contribution is 2.30. The van der Waals surface area contributed by atoms with Crippen LogP contribution >= 0.6 is 0 Å². The summed E-state index contributed by atoms with van der Waals surface area (Å²) in [6, 6.07) is 22.0. The zero-order valence-electron chi connectivity index (χ0n) is 14.1. The van der Waals surface area contributed by atoms with Crippen molar-refractivity contribution in [3.05, 3.63) is 77.9 Å². The molecule has 124 valence electrons. The highest BCUT2D eigenvalue weighted by atomic mass is 16.3. The van der Waals surface area contributed by atoms with Gasteiger partial charge in [0.15, 0.2) is 0 Å². The number of para-hydroxylation sites is 1. The maximum atomic E-state index is 12.2. The molecular formula is C22H19NO2. The summed E-state index contributed by atoms with van der Waals surface area (Å²) in [5.41, 5.74) is 4.82. The summed E-state index contributed by atoms with van der Waals surface area (Å²) in [4.78, 5) is 12.2. The lowest BCUT2D eigenvalue weighted by Gasteiger charge is -2.05. The minimum atomic E-state index is 0.0102. The van der Waals surface area contributed by atoms with E-state index >= 15 is 0 Å². The molecule has 4 aromatic rings. The van der Waals surface area contributed by atoms with E-state index in [2.05, 4.69) is 36.5 Å². The van der Waals surface area contributed by atoms with Crippen LogP contribution in [0.15, 0.2) is 71.1 Å². The standard InChI is InChI=1S/C22H19NO2/c1-15-6-8-16(9-7-15)10-13-22(24)23-17-11-12-19-18-4-2-3-5-20(18)25-21(19)14-17/h2-9,11-12,14H,10,13H2,1H3,(H,23,24). The fourth-order valence-corrected chi connectivity index (χ4v) is 3.04. The molecule has 0 saturated heterocycles. The maximum Gasteiger partial charge on any atom is 0.224 e. The third-order valence-electron chi connectivity index (χ3n) is 4.42. The van der Waals surface area contributed by atoms with E-state index in [4.69, 9.17) is 4.42 Å². The maximum absolute atomic E-state index is 12.2. The SMILES string of the molecule is Cc1ccc(CCC(=O)Nc2ccc3c(c2)oc2ccccc23)cc1. The molecule has 0 bridgehead atoms. The Morgan fingerprint density at radius 1 is 0.920 bits per heavy atom. The van der Waals surface area contributed by atoms with Gasteiger partial charge in [-0.05, 0) is 37.1 Å². The summed E-state index contributed by atoms with van der Waals surface area (Å²) in [7, 11) is 0. The van der Waals surface area contributed by atoms with Gasteiger partial charge in [0.05, 0.1) is 0 Å². The number of hydrogen-bond donors (Lipinski definition) is 1. The van der Waals surface area contributed by atoms with Crippen molar-refractivity contribution in [3.63, 3.8) is 0 Å². The van der Waals surface area contributed by atoms with Crippen LogP contribution in [0.25, 0.3) is 21.9 Å². The van der Waals surface area contributed by atoms with E-state index in [-0.39, 0.29) is 5.91 Å². The molecule has 1 heterocycles. The van der Waals surface area contributed by atoms with Crippen molar-refractivity contribution in [3.8, 4) is 0 Å². The van der Waals surface area contributed by atoms with E-state index < -0.39 is 0 Å². The van der Waals surface area contributed by atoms with Crippen LogP contribution < -0.4 is 5.32 Å². The van der Waals surface area contributed by atoms with Crippen LogP contribution in [0.5, 0.6) is 0 Å². The molecule has 0 fully saturated rings. The van der Waals surface area contributed by atoms with Crippen molar-refractivity contribution < 1.29 is 9.21 Å². The quantitative estimate of drug-likeness (QED) is 0.540. The molecule has 1 aromatic heterocycles. The Morgan fingerprint density at radius 3 is 2.52 bits per heavy atom. The molecule has 25 heavy (non-hydrogen) atoms. The van der Waals surface area contributed by atoms with Gasteiger partial charge in [-0.1, -0.05) is 48.0 Å². The molecule has 0 aliphatic rings. The second-order valence-corrected chi connectivity index (χ2v) is 6.34. The molecular weight excluding hydrogens is 310 g/mol.